The first-order valence-corrected chi connectivity index (χ1v) is 7.01. The van der Waals surface area contributed by atoms with Gasteiger partial charge in [-0.05, 0) is 49.8 Å². The van der Waals surface area contributed by atoms with E-state index in [1.54, 1.807) is 0 Å². The third-order valence-electron chi connectivity index (χ3n) is 3.73. The third-order valence-corrected chi connectivity index (χ3v) is 3.73. The summed E-state index contributed by atoms with van der Waals surface area (Å²) in [6, 6.07) is 6.03. The zero-order valence-electron chi connectivity index (χ0n) is 12.5. The van der Waals surface area contributed by atoms with Gasteiger partial charge in [0.2, 0.25) is 5.91 Å². The van der Waals surface area contributed by atoms with Crippen LogP contribution < -0.4 is 11.1 Å². The number of hydrogen-bond donors (Lipinski definition) is 2. The second kappa shape index (κ2) is 7.29. The van der Waals surface area contributed by atoms with Crippen LogP contribution >= 0.6 is 0 Å². The van der Waals surface area contributed by atoms with Crippen molar-refractivity contribution in [3.8, 4) is 0 Å². The molecule has 0 spiro atoms. The summed E-state index contributed by atoms with van der Waals surface area (Å²) in [5.74, 6) is 1.03. The van der Waals surface area contributed by atoms with Crippen molar-refractivity contribution in [2.75, 3.05) is 11.9 Å². The van der Waals surface area contributed by atoms with E-state index in [-0.39, 0.29) is 5.91 Å². The Bertz CT molecular complexity index is 407. The number of aryl methyl sites for hydroxylation is 2. The Morgan fingerprint density at radius 2 is 1.84 bits per heavy atom. The summed E-state index contributed by atoms with van der Waals surface area (Å²) in [6.07, 6.45) is 1.39. The minimum Gasteiger partial charge on any atom is -0.330 e. The van der Waals surface area contributed by atoms with Crippen molar-refractivity contribution in [1.29, 1.82) is 0 Å². The number of benzene rings is 1. The van der Waals surface area contributed by atoms with Gasteiger partial charge in [0.15, 0.2) is 0 Å². The quantitative estimate of drug-likeness (QED) is 0.826. The first-order valence-electron chi connectivity index (χ1n) is 7.01. The van der Waals surface area contributed by atoms with Gasteiger partial charge >= 0.3 is 0 Å². The molecule has 1 aromatic carbocycles. The van der Waals surface area contributed by atoms with Gasteiger partial charge < -0.3 is 11.1 Å². The molecule has 1 amide bonds. The Hall–Kier alpha value is -1.35. The van der Waals surface area contributed by atoms with Gasteiger partial charge in [0, 0.05) is 12.1 Å². The van der Waals surface area contributed by atoms with E-state index in [2.05, 4.69) is 19.2 Å². The van der Waals surface area contributed by atoms with Crippen LogP contribution in [0, 0.1) is 25.7 Å². The van der Waals surface area contributed by atoms with Crippen molar-refractivity contribution >= 4 is 11.6 Å². The van der Waals surface area contributed by atoms with Gasteiger partial charge in [0.05, 0.1) is 0 Å². The van der Waals surface area contributed by atoms with E-state index >= 15 is 0 Å². The lowest BCUT2D eigenvalue weighted by molar-refractivity contribution is -0.116. The van der Waals surface area contributed by atoms with Crippen LogP contribution in [0.2, 0.25) is 0 Å². The molecule has 0 fully saturated rings. The summed E-state index contributed by atoms with van der Waals surface area (Å²) >= 11 is 0. The molecule has 0 aliphatic carbocycles. The van der Waals surface area contributed by atoms with Gasteiger partial charge in [-0.25, -0.2) is 0 Å². The molecular formula is C16H26N2O. The summed E-state index contributed by atoms with van der Waals surface area (Å²) < 4.78 is 0. The molecule has 106 valence electrons. The summed E-state index contributed by atoms with van der Waals surface area (Å²) in [6.45, 7) is 8.98. The highest BCUT2D eigenvalue weighted by Crippen LogP contribution is 2.21. The molecule has 0 heterocycles. The molecule has 0 bridgehead atoms. The number of anilines is 1. The summed E-state index contributed by atoms with van der Waals surface area (Å²) in [4.78, 5) is 12.0. The van der Waals surface area contributed by atoms with E-state index in [1.807, 2.05) is 32.0 Å². The number of para-hydroxylation sites is 1. The van der Waals surface area contributed by atoms with Crippen LogP contribution in [0.25, 0.3) is 0 Å². The van der Waals surface area contributed by atoms with Crippen molar-refractivity contribution in [1.82, 2.24) is 0 Å². The number of carbonyl (C=O) groups is 1. The molecular weight excluding hydrogens is 236 g/mol. The molecule has 0 aromatic heterocycles. The summed E-state index contributed by atoms with van der Waals surface area (Å²) in [5.41, 5.74) is 8.88. The van der Waals surface area contributed by atoms with Gasteiger partial charge in [0.1, 0.15) is 0 Å². The maximum atomic E-state index is 12.0. The normalized spacial score (nSPS) is 12.5. The van der Waals surface area contributed by atoms with Crippen molar-refractivity contribution in [2.45, 2.75) is 40.5 Å². The number of rotatable bonds is 6. The first-order chi connectivity index (χ1) is 8.95. The predicted molar refractivity (Wildman–Crippen MR) is 81.2 cm³/mol. The molecule has 1 rings (SSSR count). The molecule has 0 saturated carbocycles. The van der Waals surface area contributed by atoms with Crippen molar-refractivity contribution in [2.24, 2.45) is 17.6 Å². The van der Waals surface area contributed by atoms with E-state index in [1.165, 1.54) is 0 Å². The fourth-order valence-corrected chi connectivity index (χ4v) is 2.25. The highest BCUT2D eigenvalue weighted by atomic mass is 16.1. The van der Waals surface area contributed by atoms with Crippen LogP contribution in [0.4, 0.5) is 5.69 Å². The highest BCUT2D eigenvalue weighted by Gasteiger charge is 2.14. The van der Waals surface area contributed by atoms with Crippen molar-refractivity contribution in [3.63, 3.8) is 0 Å². The van der Waals surface area contributed by atoms with E-state index in [9.17, 15) is 4.79 Å². The number of carbonyl (C=O) groups excluding carboxylic acids is 1. The molecule has 1 unspecified atom stereocenters. The monoisotopic (exact) mass is 262 g/mol. The lowest BCUT2D eigenvalue weighted by atomic mass is 9.91. The Labute approximate surface area is 116 Å². The van der Waals surface area contributed by atoms with Gasteiger partial charge in [0.25, 0.3) is 0 Å². The summed E-state index contributed by atoms with van der Waals surface area (Å²) in [5, 5.41) is 3.02. The first kappa shape index (κ1) is 15.7. The Morgan fingerprint density at radius 3 is 2.32 bits per heavy atom. The number of nitrogens with one attached hydrogen (secondary N) is 1. The smallest absolute Gasteiger partial charge is 0.224 e. The third kappa shape index (κ3) is 4.67. The number of hydrogen-bond acceptors (Lipinski definition) is 2. The maximum absolute atomic E-state index is 12.0. The van der Waals surface area contributed by atoms with Gasteiger partial charge in [-0.1, -0.05) is 32.0 Å². The Kier molecular flexibility index (Phi) is 6.03. The second-order valence-electron chi connectivity index (χ2n) is 5.59. The van der Waals surface area contributed by atoms with Crippen LogP contribution in [0.15, 0.2) is 18.2 Å². The average Bonchev–Trinajstić information content (AvgIpc) is 2.34. The Morgan fingerprint density at radius 1 is 1.26 bits per heavy atom. The lowest BCUT2D eigenvalue weighted by Gasteiger charge is -2.18. The molecule has 3 nitrogen and oxygen atoms in total. The largest absolute Gasteiger partial charge is 0.330 e. The van der Waals surface area contributed by atoms with Crippen LogP contribution in [0.1, 0.15) is 37.8 Å². The molecule has 3 N–H and O–H groups in total. The lowest BCUT2D eigenvalue weighted by Crippen LogP contribution is -2.22. The van der Waals surface area contributed by atoms with Gasteiger partial charge in [-0.3, -0.25) is 4.79 Å². The minimum atomic E-state index is 0.0801. The van der Waals surface area contributed by atoms with Crippen LogP contribution in [-0.4, -0.2) is 12.5 Å². The number of nitrogens with two attached hydrogens (primary N) is 1. The van der Waals surface area contributed by atoms with E-state index in [0.717, 1.165) is 23.2 Å². The van der Waals surface area contributed by atoms with Crippen LogP contribution in [-0.2, 0) is 4.79 Å². The topological polar surface area (TPSA) is 55.1 Å². The van der Waals surface area contributed by atoms with E-state index in [4.69, 9.17) is 5.73 Å². The molecule has 0 saturated heterocycles. The fourth-order valence-electron chi connectivity index (χ4n) is 2.25. The molecule has 1 atom stereocenters. The predicted octanol–water partition coefficient (Wildman–Crippen LogP) is 3.25. The van der Waals surface area contributed by atoms with Crippen LogP contribution in [0.3, 0.4) is 0 Å². The molecule has 0 aliphatic heterocycles. The second-order valence-corrected chi connectivity index (χ2v) is 5.59. The zero-order valence-corrected chi connectivity index (χ0v) is 12.5. The number of amides is 1. The zero-order chi connectivity index (χ0) is 14.4. The van der Waals surface area contributed by atoms with E-state index in [0.29, 0.717) is 24.8 Å². The minimum absolute atomic E-state index is 0.0801. The molecule has 3 heteroatoms. The molecule has 0 aliphatic rings. The van der Waals surface area contributed by atoms with Crippen molar-refractivity contribution in [3.05, 3.63) is 29.3 Å². The SMILES string of the molecule is Cc1cccc(C)c1NC(=O)CCC(CN)C(C)C. The fraction of sp³-hybridized carbons (Fsp3) is 0.562. The molecule has 0 radical (unpaired) electrons. The maximum Gasteiger partial charge on any atom is 0.224 e. The van der Waals surface area contributed by atoms with Gasteiger partial charge in [-0.2, -0.15) is 0 Å². The van der Waals surface area contributed by atoms with E-state index < -0.39 is 0 Å². The molecule has 19 heavy (non-hydrogen) atoms. The summed E-state index contributed by atoms with van der Waals surface area (Å²) in [7, 11) is 0. The molecule has 1 aromatic rings. The van der Waals surface area contributed by atoms with Crippen molar-refractivity contribution < 1.29 is 4.79 Å². The average molecular weight is 262 g/mol. The Balaban J connectivity index is 2.56. The van der Waals surface area contributed by atoms with Gasteiger partial charge in [-0.15, -0.1) is 0 Å². The standard InChI is InChI=1S/C16H26N2O/c1-11(2)14(10-17)8-9-15(19)18-16-12(3)6-5-7-13(16)4/h5-7,11,14H,8-10,17H2,1-4H3,(H,18,19). The highest BCUT2D eigenvalue weighted by molar-refractivity contribution is 5.92. The van der Waals surface area contributed by atoms with Crippen LogP contribution in [0.5, 0.6) is 0 Å².